The Morgan fingerprint density at radius 3 is 2.20 bits per heavy atom. The van der Waals surface area contributed by atoms with Crippen molar-refractivity contribution < 1.29 is 81.8 Å². The molecular weight excluding hydrogens is 1410 g/mol. The Hall–Kier alpha value is -6.61. The number of Topliss-reactive ketones (excluding diaryl/α,β-unsaturated/α-hetero) is 1. The molecule has 0 saturated carbocycles. The van der Waals surface area contributed by atoms with Gasteiger partial charge in [0.1, 0.15) is 42.2 Å². The van der Waals surface area contributed by atoms with Gasteiger partial charge in [-0.05, 0) is 105 Å². The summed E-state index contributed by atoms with van der Waals surface area (Å²) in [5.41, 5.74) is 10.8. The van der Waals surface area contributed by atoms with E-state index in [1.807, 2.05) is 26.8 Å². The lowest BCUT2D eigenvalue weighted by molar-refractivity contribution is -0.154. The maximum absolute atomic E-state index is 13.7. The quantitative estimate of drug-likeness (QED) is 0.00731. The van der Waals surface area contributed by atoms with Crippen LogP contribution >= 0.6 is 43.2 Å². The van der Waals surface area contributed by atoms with Crippen LogP contribution in [0.2, 0.25) is 0 Å². The Kier molecular flexibility index (Phi) is 32.1. The maximum atomic E-state index is 13.7. The number of ketones is 1. The number of rotatable bonds is 33. The van der Waals surface area contributed by atoms with Crippen molar-refractivity contribution in [2.75, 3.05) is 58.0 Å². The topological polar surface area (TPSA) is 382 Å². The highest BCUT2D eigenvalue weighted by atomic mass is 79.9. The fourth-order valence-electron chi connectivity index (χ4n) is 10.8. The van der Waals surface area contributed by atoms with Crippen LogP contribution in [0.5, 0.6) is 0 Å². The molecule has 2 fully saturated rings. The number of urea groups is 1. The minimum absolute atomic E-state index is 0.0463. The van der Waals surface area contributed by atoms with Gasteiger partial charge in [0, 0.05) is 71.4 Å². The number of aliphatic hydroxyl groups is 2. The Morgan fingerprint density at radius 2 is 1.52 bits per heavy atom. The molecule has 2 aromatic carbocycles. The van der Waals surface area contributed by atoms with Gasteiger partial charge < -0.3 is 71.0 Å². The van der Waals surface area contributed by atoms with E-state index < -0.39 is 89.6 Å². The van der Waals surface area contributed by atoms with Crippen LogP contribution in [0.1, 0.15) is 150 Å². The number of ether oxygens (including phenoxy) is 6. The number of fused-ring (bicyclic) bond motifs is 2. The Morgan fingerprint density at radius 1 is 0.845 bits per heavy atom. The highest BCUT2D eigenvalue weighted by molar-refractivity contribution is 9.09. The molecule has 0 radical (unpaired) electrons. The number of esters is 1. The Labute approximate surface area is 586 Å². The van der Waals surface area contributed by atoms with Crippen LogP contribution in [0.15, 0.2) is 54.2 Å². The monoisotopic (exact) mass is 1500 g/mol. The number of hydrogen-bond acceptors (Lipinski definition) is 21. The number of amides is 7. The van der Waals surface area contributed by atoms with E-state index in [2.05, 4.69) is 78.9 Å². The van der Waals surface area contributed by atoms with Crippen LogP contribution < -0.4 is 37.8 Å². The summed E-state index contributed by atoms with van der Waals surface area (Å²) in [6, 6.07) is 8.82. The molecule has 27 nitrogen and oxygen atoms in total. The fraction of sp³-hybridized carbons (Fsp3) is 0.597. The molecule has 2 unspecified atom stereocenters. The number of nitrogens with zero attached hydrogens (tertiary/aromatic N) is 3. The van der Waals surface area contributed by atoms with Crippen LogP contribution in [0.4, 0.5) is 15.3 Å². The predicted octanol–water partition coefficient (Wildman–Crippen LogP) is 7.53. The van der Waals surface area contributed by atoms with Gasteiger partial charge in [-0.3, -0.25) is 33.6 Å². The number of nitrogens with one attached hydrogen (secondary N) is 6. The maximum Gasteiger partial charge on any atom is 0.431 e. The number of primary amides is 1. The molecule has 4 aromatic rings. The number of benzene rings is 2. The third-order valence-electron chi connectivity index (χ3n) is 17.0. The number of epoxide rings is 1. The summed E-state index contributed by atoms with van der Waals surface area (Å²) in [4.78, 5) is 124. The van der Waals surface area contributed by atoms with E-state index in [9.17, 15) is 48.6 Å². The van der Waals surface area contributed by atoms with Gasteiger partial charge in [-0.15, -0.1) is 11.3 Å². The van der Waals surface area contributed by atoms with E-state index in [4.69, 9.17) is 39.0 Å². The molecule has 9 atom stereocenters. The van der Waals surface area contributed by atoms with E-state index >= 15 is 0 Å². The molecule has 0 spiro atoms. The molecule has 97 heavy (non-hydrogen) atoms. The van der Waals surface area contributed by atoms with E-state index in [0.717, 1.165) is 24.2 Å². The smallest absolute Gasteiger partial charge is 0.431 e. The van der Waals surface area contributed by atoms with Gasteiger partial charge in [0.05, 0.1) is 91.2 Å². The molecule has 534 valence electrons. The number of alkyl halides is 2. The van der Waals surface area contributed by atoms with Crippen LogP contribution in [-0.2, 0) is 81.1 Å². The third kappa shape index (κ3) is 25.6. The van der Waals surface area contributed by atoms with E-state index in [1.165, 1.54) is 11.3 Å². The molecular formula is C67H94Br2N10O17S. The van der Waals surface area contributed by atoms with Crippen molar-refractivity contribution in [3.8, 4) is 0 Å². The SMILES string of the molecule is C/C(=C\c1cnc(CONC(=O)OCc2ccc(NC(=O)[C@H](CCCNC(N)=O)NC(=O)[C@@H](NC(=O)CCOCCOCCOCCCNC(=O)c3ccc4nc(CBr)c(CBr)nc4c3)C(C)C)cc2)s1)[C@@H]1CC2O[C@]2(C)CCC[C@H](C)C(O)[C@@H](C)C(=O)C(C)(C)[C@@H](O)CC(=O)O1. The molecule has 4 heterocycles. The van der Waals surface area contributed by atoms with Crippen LogP contribution in [-0.4, -0.2) is 168 Å². The Balaban J connectivity index is 0.874. The molecule has 6 rings (SSSR count). The number of carbonyl (C=O) groups is 8. The molecule has 2 saturated heterocycles. The van der Waals surface area contributed by atoms with Crippen molar-refractivity contribution >= 4 is 113 Å². The summed E-state index contributed by atoms with van der Waals surface area (Å²) in [6.07, 6.45) is 2.42. The molecule has 2 aliphatic rings. The second-order valence-corrected chi connectivity index (χ2v) is 27.6. The summed E-state index contributed by atoms with van der Waals surface area (Å²) < 4.78 is 34.3. The second-order valence-electron chi connectivity index (χ2n) is 25.4. The minimum Gasteiger partial charge on any atom is -0.458 e. The zero-order chi connectivity index (χ0) is 70.8. The van der Waals surface area contributed by atoms with Gasteiger partial charge in [-0.25, -0.2) is 24.5 Å². The zero-order valence-corrected chi connectivity index (χ0v) is 60.3. The summed E-state index contributed by atoms with van der Waals surface area (Å²) in [5.74, 6) is -4.12. The van der Waals surface area contributed by atoms with Crippen molar-refractivity contribution in [1.82, 2.24) is 41.7 Å². The average Bonchev–Trinajstić information content (AvgIpc) is 1.49. The standard InChI is InChI=1S/C67H94Br2N10O17S/c1-39(2)58(78-55(81)20-25-91-27-29-92-28-26-90-24-11-23-71-61(85)44-16-19-47-49(31-44)76-51(35-69)50(34-68)75-47)63(87)77-48(13-10-22-72-64(70)88)62(86)74-45-17-14-43(15-18-45)37-93-65(89)79-94-38-56-73-36-46(97-56)30-41(4)52-32-54-67(8,96-54)21-9-12-40(3)59(83)42(5)60(84)66(6,7)53(80)33-57(82)95-52/h14-19,30-31,36,39-40,42,48,52-54,58-59,80,83H,9-13,20-29,32-35,37-38H2,1-8H3,(H,71,85)(H,74,86)(H,77,87)(H,78,81)(H,79,89)(H3,70,72,88)/b41-30+/t40-,42+,48-,52-,53-,54?,58-,59?,67+/m0/s1. The first-order valence-electron chi connectivity index (χ1n) is 32.6. The number of anilines is 1. The molecule has 2 aliphatic heterocycles. The van der Waals surface area contributed by atoms with E-state index in [1.54, 1.807) is 83.3 Å². The van der Waals surface area contributed by atoms with E-state index in [-0.39, 0.29) is 88.5 Å². The van der Waals surface area contributed by atoms with Gasteiger partial charge >= 0.3 is 18.1 Å². The second kappa shape index (κ2) is 39.3. The number of hydroxylamine groups is 1. The van der Waals surface area contributed by atoms with Crippen molar-refractivity contribution in [3.63, 3.8) is 0 Å². The lowest BCUT2D eigenvalue weighted by Crippen LogP contribution is -2.54. The summed E-state index contributed by atoms with van der Waals surface area (Å²) in [5, 5.41) is 37.5. The normalized spacial score (nSPS) is 21.4. The molecule has 30 heteroatoms. The van der Waals surface area contributed by atoms with Gasteiger partial charge in [0.15, 0.2) is 0 Å². The minimum atomic E-state index is -1.35. The van der Waals surface area contributed by atoms with Crippen LogP contribution in [0.25, 0.3) is 17.1 Å². The van der Waals surface area contributed by atoms with Crippen molar-refractivity contribution in [2.24, 2.45) is 28.9 Å². The van der Waals surface area contributed by atoms with Crippen LogP contribution in [0.3, 0.4) is 0 Å². The summed E-state index contributed by atoms with van der Waals surface area (Å²) >= 11 is 8.16. The molecule has 0 bridgehead atoms. The first-order chi connectivity index (χ1) is 46.2. The third-order valence-corrected chi connectivity index (χ3v) is 18.9. The number of thiazole rings is 1. The molecule has 10 N–H and O–H groups in total. The highest BCUT2D eigenvalue weighted by Crippen LogP contribution is 2.45. The molecule has 7 amide bonds. The molecule has 0 aliphatic carbocycles. The largest absolute Gasteiger partial charge is 0.458 e. The number of aliphatic hydroxyl groups excluding tert-OH is 2. The lowest BCUT2D eigenvalue weighted by atomic mass is 9.73. The van der Waals surface area contributed by atoms with Crippen LogP contribution in [0, 0.1) is 23.2 Å². The number of aromatic nitrogens is 3. The number of hydrogen-bond donors (Lipinski definition) is 9. The number of cyclic esters (lactones) is 1. The average molecular weight is 1500 g/mol. The van der Waals surface area contributed by atoms with E-state index in [0.29, 0.717) is 99.6 Å². The lowest BCUT2D eigenvalue weighted by Gasteiger charge is -2.34. The summed E-state index contributed by atoms with van der Waals surface area (Å²) in [6.45, 7) is 16.0. The number of nitrogens with two attached hydrogens (primary N) is 1. The predicted molar refractivity (Wildman–Crippen MR) is 369 cm³/mol. The fourth-order valence-corrected chi connectivity index (χ4v) is 12.6. The Bertz CT molecular complexity index is 3320. The van der Waals surface area contributed by atoms with Gasteiger partial charge in [0.2, 0.25) is 17.7 Å². The first kappa shape index (κ1) is 79.4. The first-order valence-corrected chi connectivity index (χ1v) is 35.7. The summed E-state index contributed by atoms with van der Waals surface area (Å²) in [7, 11) is 0. The van der Waals surface area contributed by atoms with Crippen molar-refractivity contribution in [2.45, 2.75) is 179 Å². The number of halogens is 2. The van der Waals surface area contributed by atoms with Crippen molar-refractivity contribution in [3.05, 3.63) is 86.6 Å². The highest BCUT2D eigenvalue weighted by Gasteiger charge is 2.53. The van der Waals surface area contributed by atoms with Crippen molar-refractivity contribution in [1.29, 1.82) is 0 Å². The zero-order valence-electron chi connectivity index (χ0n) is 56.3. The number of carbonyl (C=O) groups excluding carboxylic acids is 8. The van der Waals surface area contributed by atoms with Gasteiger partial charge in [-0.2, -0.15) is 5.48 Å². The van der Waals surface area contributed by atoms with Gasteiger partial charge in [0.25, 0.3) is 5.91 Å². The molecule has 2 aromatic heterocycles. The van der Waals surface area contributed by atoms with Gasteiger partial charge in [-0.1, -0.05) is 92.0 Å².